The molecule has 1 aromatic rings. The van der Waals surface area contributed by atoms with Gasteiger partial charge in [-0.2, -0.15) is 0 Å². The van der Waals surface area contributed by atoms with Crippen molar-refractivity contribution in [3.8, 4) is 0 Å². The molecule has 88 valence electrons. The Kier molecular flexibility index (Phi) is 6.12. The van der Waals surface area contributed by atoms with Crippen LogP contribution in [0.2, 0.25) is 0 Å². The zero-order valence-corrected chi connectivity index (χ0v) is 9.91. The van der Waals surface area contributed by atoms with Crippen molar-refractivity contribution < 1.29 is 13.7 Å². The fourth-order valence-electron chi connectivity index (χ4n) is 1.31. The van der Waals surface area contributed by atoms with Crippen LogP contribution in [0.4, 0.5) is 4.39 Å². The summed E-state index contributed by atoms with van der Waals surface area (Å²) in [5, 5.41) is 0. The van der Waals surface area contributed by atoms with Gasteiger partial charge in [-0.3, -0.25) is 0 Å². The Bertz CT molecular complexity index is 282. The van der Waals surface area contributed by atoms with Gasteiger partial charge in [0.25, 0.3) is 0 Å². The van der Waals surface area contributed by atoms with Crippen LogP contribution in [0.25, 0.3) is 0 Å². The Morgan fingerprint density at radius 1 is 1.00 bits per heavy atom. The van der Waals surface area contributed by atoms with Crippen molar-refractivity contribution in [2.75, 3.05) is 13.2 Å². The fourth-order valence-corrected chi connectivity index (χ4v) is 1.31. The van der Waals surface area contributed by atoms with E-state index in [-0.39, 0.29) is 12.9 Å². The largest absolute Gasteiger partial charge is 0.493 e. The summed E-state index contributed by atoms with van der Waals surface area (Å²) in [4.78, 5) is 0. The lowest BCUT2D eigenvalue weighted by molar-refractivity contribution is 0.207. The summed E-state index contributed by atoms with van der Waals surface area (Å²) in [6.07, 6.45) is 1.88. The second kappa shape index (κ2) is 7.42. The van der Waals surface area contributed by atoms with Crippen LogP contribution in [0.1, 0.15) is 26.7 Å². The van der Waals surface area contributed by atoms with Crippen molar-refractivity contribution in [1.29, 1.82) is 0 Å². The third kappa shape index (κ3) is 4.33. The fraction of sp³-hybridized carbons (Fsp3) is 0.500. The summed E-state index contributed by atoms with van der Waals surface area (Å²) in [6.45, 7) is 5.38. The minimum absolute atomic E-state index is 0.242. The third-order valence-corrected chi connectivity index (χ3v) is 2.09. The molecule has 16 heavy (non-hydrogen) atoms. The number of hydrogen-bond donors (Lipinski definition) is 0. The second-order valence-corrected chi connectivity index (χ2v) is 3.63. The summed E-state index contributed by atoms with van der Waals surface area (Å²) in [7, 11) is -0.375. The molecular formula is C12H18BFO2. The van der Waals surface area contributed by atoms with Crippen LogP contribution >= 0.6 is 0 Å². The first-order chi connectivity index (χ1) is 7.77. The van der Waals surface area contributed by atoms with Crippen molar-refractivity contribution in [3.05, 3.63) is 30.1 Å². The van der Waals surface area contributed by atoms with Gasteiger partial charge >= 0.3 is 7.12 Å². The van der Waals surface area contributed by atoms with Crippen molar-refractivity contribution in [2.24, 2.45) is 0 Å². The molecule has 0 atom stereocenters. The van der Waals surface area contributed by atoms with Crippen LogP contribution in [0, 0.1) is 5.82 Å². The summed E-state index contributed by atoms with van der Waals surface area (Å²) in [5.74, 6) is -0.242. The lowest BCUT2D eigenvalue weighted by Crippen LogP contribution is -2.37. The first kappa shape index (κ1) is 13.2. The molecule has 2 nitrogen and oxygen atoms in total. The Balaban J connectivity index is 2.62. The van der Waals surface area contributed by atoms with E-state index >= 15 is 0 Å². The normalized spacial score (nSPS) is 10.4. The highest BCUT2D eigenvalue weighted by molar-refractivity contribution is 6.61. The zero-order chi connectivity index (χ0) is 11.8. The molecule has 0 N–H and O–H groups in total. The molecule has 1 aromatic carbocycles. The monoisotopic (exact) mass is 224 g/mol. The van der Waals surface area contributed by atoms with Gasteiger partial charge in [0.1, 0.15) is 5.82 Å². The molecule has 1 rings (SSSR count). The van der Waals surface area contributed by atoms with Crippen LogP contribution in [0.15, 0.2) is 24.3 Å². The Morgan fingerprint density at radius 3 is 1.94 bits per heavy atom. The highest BCUT2D eigenvalue weighted by Crippen LogP contribution is 1.99. The zero-order valence-electron chi connectivity index (χ0n) is 9.91. The minimum Gasteiger partial charge on any atom is -0.407 e. The molecule has 0 saturated carbocycles. The number of benzene rings is 1. The SMILES string of the molecule is CCCOB(OCCC)c1ccc(F)cc1. The average Bonchev–Trinajstić information content (AvgIpc) is 2.31. The molecule has 0 aliphatic rings. The molecule has 0 radical (unpaired) electrons. The molecule has 0 amide bonds. The van der Waals surface area contributed by atoms with E-state index in [0.29, 0.717) is 13.2 Å². The predicted molar refractivity (Wildman–Crippen MR) is 64.3 cm³/mol. The van der Waals surface area contributed by atoms with Gasteiger partial charge in [-0.25, -0.2) is 4.39 Å². The maximum Gasteiger partial charge on any atom is 0.493 e. The number of hydrogen-bond acceptors (Lipinski definition) is 2. The molecule has 0 aliphatic carbocycles. The summed E-state index contributed by atoms with van der Waals surface area (Å²) in [5.41, 5.74) is 0.864. The van der Waals surface area contributed by atoms with E-state index in [1.165, 1.54) is 12.1 Å². The Morgan fingerprint density at radius 2 is 1.50 bits per heavy atom. The molecule has 0 aliphatic heterocycles. The van der Waals surface area contributed by atoms with Crippen LogP contribution in [0.5, 0.6) is 0 Å². The highest BCUT2D eigenvalue weighted by Gasteiger charge is 2.20. The standard InChI is InChI=1S/C12H18BFO2/c1-3-9-15-13(16-10-4-2)11-5-7-12(14)8-6-11/h5-8H,3-4,9-10H2,1-2H3. The van der Waals surface area contributed by atoms with Crippen molar-refractivity contribution in [2.45, 2.75) is 26.7 Å². The van der Waals surface area contributed by atoms with Gasteiger partial charge in [-0.15, -0.1) is 0 Å². The molecule has 4 heteroatoms. The number of rotatable bonds is 7. The molecule has 0 heterocycles. The van der Waals surface area contributed by atoms with Crippen molar-refractivity contribution in [1.82, 2.24) is 0 Å². The summed E-state index contributed by atoms with van der Waals surface area (Å²) in [6, 6.07) is 6.25. The van der Waals surface area contributed by atoms with Gasteiger partial charge in [0.2, 0.25) is 0 Å². The summed E-state index contributed by atoms with van der Waals surface area (Å²) < 4.78 is 23.9. The van der Waals surface area contributed by atoms with E-state index in [9.17, 15) is 4.39 Å². The Labute approximate surface area is 96.9 Å². The smallest absolute Gasteiger partial charge is 0.407 e. The molecule has 0 fully saturated rings. The average molecular weight is 224 g/mol. The first-order valence-corrected chi connectivity index (χ1v) is 5.76. The lowest BCUT2D eigenvalue weighted by Gasteiger charge is -2.14. The van der Waals surface area contributed by atoms with Crippen LogP contribution in [-0.2, 0) is 9.31 Å². The molecule has 0 spiro atoms. The van der Waals surface area contributed by atoms with E-state index in [1.54, 1.807) is 12.1 Å². The van der Waals surface area contributed by atoms with Gasteiger partial charge in [-0.05, 0) is 30.4 Å². The predicted octanol–water partition coefficient (Wildman–Crippen LogP) is 2.37. The quantitative estimate of drug-likeness (QED) is 0.662. The van der Waals surface area contributed by atoms with Gasteiger partial charge in [0, 0.05) is 13.2 Å². The van der Waals surface area contributed by atoms with E-state index in [2.05, 4.69) is 0 Å². The lowest BCUT2D eigenvalue weighted by atomic mass is 9.79. The maximum atomic E-state index is 12.8. The molecule has 0 bridgehead atoms. The van der Waals surface area contributed by atoms with E-state index < -0.39 is 0 Å². The van der Waals surface area contributed by atoms with E-state index in [0.717, 1.165) is 18.3 Å². The molecular weight excluding hydrogens is 206 g/mol. The van der Waals surface area contributed by atoms with Gasteiger partial charge in [-0.1, -0.05) is 26.0 Å². The third-order valence-electron chi connectivity index (χ3n) is 2.09. The maximum absolute atomic E-state index is 12.8. The molecule has 0 unspecified atom stereocenters. The Hall–Kier alpha value is -0.865. The first-order valence-electron chi connectivity index (χ1n) is 5.76. The number of halogens is 1. The highest BCUT2D eigenvalue weighted by atomic mass is 19.1. The van der Waals surface area contributed by atoms with Crippen LogP contribution < -0.4 is 5.46 Å². The van der Waals surface area contributed by atoms with Gasteiger partial charge < -0.3 is 9.31 Å². The van der Waals surface area contributed by atoms with Crippen molar-refractivity contribution >= 4 is 12.6 Å². The van der Waals surface area contributed by atoms with Crippen LogP contribution in [0.3, 0.4) is 0 Å². The van der Waals surface area contributed by atoms with Crippen molar-refractivity contribution in [3.63, 3.8) is 0 Å². The second-order valence-electron chi connectivity index (χ2n) is 3.63. The van der Waals surface area contributed by atoms with E-state index in [1.807, 2.05) is 13.8 Å². The molecule has 0 saturated heterocycles. The van der Waals surface area contributed by atoms with Gasteiger partial charge in [0.15, 0.2) is 0 Å². The summed E-state index contributed by atoms with van der Waals surface area (Å²) >= 11 is 0. The topological polar surface area (TPSA) is 18.5 Å². The van der Waals surface area contributed by atoms with Gasteiger partial charge in [0.05, 0.1) is 0 Å². The van der Waals surface area contributed by atoms with Crippen LogP contribution in [-0.4, -0.2) is 20.3 Å². The minimum atomic E-state index is -0.375. The van der Waals surface area contributed by atoms with E-state index in [4.69, 9.17) is 9.31 Å². The molecule has 0 aromatic heterocycles.